The predicted octanol–water partition coefficient (Wildman–Crippen LogP) is 5.61. The molecule has 3 aromatic rings. The molecule has 0 bridgehead atoms. The van der Waals surface area contributed by atoms with Crippen LogP contribution in [-0.4, -0.2) is 24.0 Å². The molecule has 1 N–H and O–H groups in total. The number of nitrogens with one attached hydrogen (secondary N) is 1. The summed E-state index contributed by atoms with van der Waals surface area (Å²) in [4.78, 5) is 20.3. The molecule has 0 spiro atoms. The molecular formula is C21H18BrClN3O. The normalized spacial score (nSPS) is 14.0. The number of fused-ring (bicyclic) bond motifs is 1. The second-order valence-electron chi connectivity index (χ2n) is 6.67. The van der Waals surface area contributed by atoms with E-state index in [9.17, 15) is 4.79 Å². The van der Waals surface area contributed by atoms with Crippen molar-refractivity contribution in [3.05, 3.63) is 63.1 Å². The summed E-state index contributed by atoms with van der Waals surface area (Å²) < 4.78 is 0.914. The number of halogens is 2. The van der Waals surface area contributed by atoms with E-state index in [4.69, 9.17) is 16.6 Å². The summed E-state index contributed by atoms with van der Waals surface area (Å²) in [5.41, 5.74) is 2.95. The zero-order valence-corrected chi connectivity index (χ0v) is 17.2. The van der Waals surface area contributed by atoms with Crippen LogP contribution in [0.15, 0.2) is 40.9 Å². The largest absolute Gasteiger partial charge is 0.356 e. The summed E-state index contributed by atoms with van der Waals surface area (Å²) in [6.07, 6.45) is 2.31. The fourth-order valence-electron chi connectivity index (χ4n) is 3.52. The maximum atomic E-state index is 13.2. The summed E-state index contributed by atoms with van der Waals surface area (Å²) in [6.45, 7) is 3.92. The highest BCUT2D eigenvalue weighted by Gasteiger charge is 2.23. The van der Waals surface area contributed by atoms with Crippen LogP contribution in [0.25, 0.3) is 10.9 Å². The summed E-state index contributed by atoms with van der Waals surface area (Å²) in [5.74, 6) is 0.726. The minimum atomic E-state index is -0.169. The fraction of sp³-hybridized carbons (Fsp3) is 0.238. The van der Waals surface area contributed by atoms with Crippen LogP contribution in [-0.2, 0) is 0 Å². The third-order valence-electron chi connectivity index (χ3n) is 4.82. The van der Waals surface area contributed by atoms with Gasteiger partial charge in [0.1, 0.15) is 5.82 Å². The molecule has 1 aliphatic heterocycles. The van der Waals surface area contributed by atoms with Crippen molar-refractivity contribution >= 4 is 55.8 Å². The molecule has 0 aliphatic carbocycles. The molecule has 0 unspecified atom stereocenters. The number of hydrogen-bond donors (Lipinski definition) is 1. The van der Waals surface area contributed by atoms with E-state index in [0.29, 0.717) is 16.3 Å². The number of amides is 1. The van der Waals surface area contributed by atoms with Gasteiger partial charge in [-0.3, -0.25) is 4.79 Å². The van der Waals surface area contributed by atoms with Crippen LogP contribution in [0.2, 0.25) is 5.02 Å². The molecule has 0 atom stereocenters. The maximum absolute atomic E-state index is 13.2. The fourth-order valence-corrected chi connectivity index (χ4v) is 3.99. The van der Waals surface area contributed by atoms with E-state index in [-0.39, 0.29) is 5.91 Å². The lowest BCUT2D eigenvalue weighted by Crippen LogP contribution is -2.23. The molecule has 2 heterocycles. The number of carbonyl (C=O) groups is 1. The van der Waals surface area contributed by atoms with Crippen molar-refractivity contribution in [3.63, 3.8) is 0 Å². The Kier molecular flexibility index (Phi) is 5.06. The van der Waals surface area contributed by atoms with E-state index in [1.54, 1.807) is 18.2 Å². The van der Waals surface area contributed by atoms with Crippen molar-refractivity contribution in [2.75, 3.05) is 23.3 Å². The molecular weight excluding hydrogens is 426 g/mol. The van der Waals surface area contributed by atoms with Crippen molar-refractivity contribution in [2.24, 2.45) is 0 Å². The number of carbonyl (C=O) groups excluding carboxylic acids is 1. The van der Waals surface area contributed by atoms with E-state index in [1.807, 2.05) is 25.1 Å². The molecule has 27 heavy (non-hydrogen) atoms. The Morgan fingerprint density at radius 3 is 2.74 bits per heavy atom. The molecule has 1 fully saturated rings. The first kappa shape index (κ1) is 18.3. The molecule has 137 valence electrons. The van der Waals surface area contributed by atoms with Crippen molar-refractivity contribution in [1.29, 1.82) is 0 Å². The number of anilines is 2. The number of pyridine rings is 1. The Morgan fingerprint density at radius 2 is 2.04 bits per heavy atom. The first-order chi connectivity index (χ1) is 13.0. The monoisotopic (exact) mass is 442 g/mol. The molecule has 4 rings (SSSR count). The van der Waals surface area contributed by atoms with E-state index >= 15 is 0 Å². The van der Waals surface area contributed by atoms with Gasteiger partial charge in [0, 0.05) is 45.3 Å². The lowest BCUT2D eigenvalue weighted by molar-refractivity contribution is 0.102. The van der Waals surface area contributed by atoms with Gasteiger partial charge in [-0.1, -0.05) is 27.5 Å². The van der Waals surface area contributed by atoms with Gasteiger partial charge < -0.3 is 10.2 Å². The third kappa shape index (κ3) is 3.66. The second kappa shape index (κ2) is 7.49. The highest BCUT2D eigenvalue weighted by molar-refractivity contribution is 9.10. The number of nitrogens with zero attached hydrogens (tertiary/aromatic N) is 2. The molecule has 1 amide bonds. The molecule has 1 saturated heterocycles. The maximum Gasteiger partial charge on any atom is 0.256 e. The molecule has 1 aliphatic rings. The van der Waals surface area contributed by atoms with E-state index in [2.05, 4.69) is 32.2 Å². The molecule has 6 heteroatoms. The Bertz CT molecular complexity index is 1010. The van der Waals surface area contributed by atoms with Gasteiger partial charge in [0.2, 0.25) is 0 Å². The van der Waals surface area contributed by atoms with Gasteiger partial charge in [0.25, 0.3) is 5.91 Å². The highest BCUT2D eigenvalue weighted by Crippen LogP contribution is 2.32. The van der Waals surface area contributed by atoms with Crippen LogP contribution in [0.5, 0.6) is 0 Å². The highest BCUT2D eigenvalue weighted by atomic mass is 79.9. The van der Waals surface area contributed by atoms with Crippen LogP contribution in [0.1, 0.15) is 28.8 Å². The smallest absolute Gasteiger partial charge is 0.256 e. The zero-order chi connectivity index (χ0) is 19.0. The number of aromatic nitrogens is 1. The van der Waals surface area contributed by atoms with Crippen molar-refractivity contribution in [3.8, 4) is 0 Å². The molecule has 4 nitrogen and oxygen atoms in total. The van der Waals surface area contributed by atoms with E-state index < -0.39 is 0 Å². The van der Waals surface area contributed by atoms with Gasteiger partial charge in [-0.25, -0.2) is 4.98 Å². The van der Waals surface area contributed by atoms with E-state index in [0.717, 1.165) is 52.7 Å². The second-order valence-corrected chi connectivity index (χ2v) is 8.02. The summed E-state index contributed by atoms with van der Waals surface area (Å²) >= 11 is 9.43. The minimum Gasteiger partial charge on any atom is -0.356 e. The van der Waals surface area contributed by atoms with Gasteiger partial charge in [-0.05, 0) is 56.2 Å². The molecule has 1 radical (unpaired) electrons. The minimum absolute atomic E-state index is 0.169. The average molecular weight is 444 g/mol. The Balaban J connectivity index is 1.83. The lowest BCUT2D eigenvalue weighted by Gasteiger charge is -2.22. The summed E-state index contributed by atoms with van der Waals surface area (Å²) in [5, 5.41) is 4.35. The van der Waals surface area contributed by atoms with Crippen LogP contribution < -0.4 is 10.2 Å². The standard InChI is InChI=1S/C21H18BrClN3O/c1-13-19(21(27)24-16-7-5-15(23)6-8-16)17-12-14(22)4-9-18(17)25-20(13)26-10-2-3-11-26/h4-7,9,12H,2-3,10-11H2,1H3,(H,24,27). The van der Waals surface area contributed by atoms with Crippen molar-refractivity contribution < 1.29 is 4.79 Å². The predicted molar refractivity (Wildman–Crippen MR) is 114 cm³/mol. The van der Waals surface area contributed by atoms with Gasteiger partial charge in [-0.15, -0.1) is 0 Å². The van der Waals surface area contributed by atoms with Crippen LogP contribution in [0.4, 0.5) is 11.5 Å². The summed E-state index contributed by atoms with van der Waals surface area (Å²) in [7, 11) is 0. The lowest BCUT2D eigenvalue weighted by atomic mass is 10.0. The Labute approximate surface area is 171 Å². The van der Waals surface area contributed by atoms with Crippen molar-refractivity contribution in [2.45, 2.75) is 19.8 Å². The number of hydrogen-bond acceptors (Lipinski definition) is 3. The molecule has 1 aromatic heterocycles. The van der Waals surface area contributed by atoms with E-state index in [1.165, 1.54) is 0 Å². The van der Waals surface area contributed by atoms with Gasteiger partial charge in [0.15, 0.2) is 0 Å². The third-order valence-corrected chi connectivity index (χ3v) is 5.55. The summed E-state index contributed by atoms with van der Waals surface area (Å²) in [6, 6.07) is 14.0. The molecule has 0 saturated carbocycles. The SMILES string of the molecule is Cc1c(N2CCCC2)nc2ccc(Br)cc2c1C(=O)Nc1[c]cc(Cl)cc1. The van der Waals surface area contributed by atoms with Crippen LogP contribution in [0.3, 0.4) is 0 Å². The topological polar surface area (TPSA) is 45.2 Å². The first-order valence-electron chi connectivity index (χ1n) is 8.86. The van der Waals surface area contributed by atoms with Crippen molar-refractivity contribution in [1.82, 2.24) is 4.98 Å². The Hall–Kier alpha value is -2.11. The molecule has 2 aromatic carbocycles. The quantitative estimate of drug-likeness (QED) is 0.572. The number of rotatable bonds is 3. The van der Waals surface area contributed by atoms with Crippen LogP contribution in [0, 0.1) is 13.0 Å². The number of benzene rings is 2. The zero-order valence-electron chi connectivity index (χ0n) is 14.9. The Morgan fingerprint density at radius 1 is 1.26 bits per heavy atom. The van der Waals surface area contributed by atoms with Crippen LogP contribution >= 0.6 is 27.5 Å². The van der Waals surface area contributed by atoms with Gasteiger partial charge in [-0.2, -0.15) is 0 Å². The van der Waals surface area contributed by atoms with Gasteiger partial charge >= 0.3 is 0 Å². The van der Waals surface area contributed by atoms with Gasteiger partial charge in [0.05, 0.1) is 11.1 Å². The first-order valence-corrected chi connectivity index (χ1v) is 10.0. The average Bonchev–Trinajstić information content (AvgIpc) is 3.17.